The first kappa shape index (κ1) is 15.8. The van der Waals surface area contributed by atoms with Gasteiger partial charge in [-0.25, -0.2) is 0 Å². The molecular formula is C16H24BrNO2. The SMILES string of the molecule is COc1ccc(C(C)NC2CCCCC2CO)cc1Br. The van der Waals surface area contributed by atoms with Crippen molar-refractivity contribution in [2.75, 3.05) is 13.7 Å². The molecule has 1 aliphatic carbocycles. The standard InChI is InChI=1S/C16H24BrNO2/c1-11(12-7-8-16(20-2)14(17)9-12)18-15-6-4-3-5-13(15)10-19/h7-9,11,13,15,18-19H,3-6,10H2,1-2H3. The normalized spacial score (nSPS) is 24.4. The number of hydrogen-bond donors (Lipinski definition) is 2. The number of halogens is 1. The van der Waals surface area contributed by atoms with Crippen LogP contribution in [0.3, 0.4) is 0 Å². The highest BCUT2D eigenvalue weighted by Gasteiger charge is 2.25. The number of benzene rings is 1. The van der Waals surface area contributed by atoms with Crippen molar-refractivity contribution >= 4 is 15.9 Å². The highest BCUT2D eigenvalue weighted by molar-refractivity contribution is 9.10. The van der Waals surface area contributed by atoms with Crippen LogP contribution in [0.2, 0.25) is 0 Å². The Morgan fingerprint density at radius 2 is 2.15 bits per heavy atom. The van der Waals surface area contributed by atoms with Crippen LogP contribution >= 0.6 is 15.9 Å². The molecule has 0 saturated heterocycles. The van der Waals surface area contributed by atoms with Crippen LogP contribution in [0.5, 0.6) is 5.75 Å². The van der Waals surface area contributed by atoms with Crippen LogP contribution in [0, 0.1) is 5.92 Å². The van der Waals surface area contributed by atoms with E-state index in [9.17, 15) is 5.11 Å². The molecule has 2 N–H and O–H groups in total. The maximum absolute atomic E-state index is 9.49. The molecule has 0 aromatic heterocycles. The predicted octanol–water partition coefficient (Wildman–Crippen LogP) is 3.66. The first-order valence-corrected chi connectivity index (χ1v) is 8.15. The summed E-state index contributed by atoms with van der Waals surface area (Å²) < 4.78 is 6.24. The van der Waals surface area contributed by atoms with Crippen LogP contribution in [0.25, 0.3) is 0 Å². The topological polar surface area (TPSA) is 41.5 Å². The van der Waals surface area contributed by atoms with Gasteiger partial charge in [-0.1, -0.05) is 18.9 Å². The Balaban J connectivity index is 2.03. The summed E-state index contributed by atoms with van der Waals surface area (Å²) in [7, 11) is 1.68. The molecule has 1 saturated carbocycles. The summed E-state index contributed by atoms with van der Waals surface area (Å²) in [5.41, 5.74) is 1.24. The number of aliphatic hydroxyl groups is 1. The molecule has 112 valence electrons. The molecule has 1 aromatic rings. The minimum absolute atomic E-state index is 0.273. The Bertz CT molecular complexity index is 438. The van der Waals surface area contributed by atoms with Gasteiger partial charge < -0.3 is 15.2 Å². The quantitative estimate of drug-likeness (QED) is 0.858. The van der Waals surface area contributed by atoms with Crippen molar-refractivity contribution in [3.8, 4) is 5.75 Å². The first-order chi connectivity index (χ1) is 9.65. The van der Waals surface area contributed by atoms with Crippen molar-refractivity contribution in [2.45, 2.75) is 44.7 Å². The molecule has 3 unspecified atom stereocenters. The lowest BCUT2D eigenvalue weighted by Gasteiger charge is -2.33. The average Bonchev–Trinajstić information content (AvgIpc) is 2.47. The second-order valence-electron chi connectivity index (χ2n) is 5.62. The van der Waals surface area contributed by atoms with Crippen LogP contribution in [-0.4, -0.2) is 24.9 Å². The van der Waals surface area contributed by atoms with Gasteiger partial charge in [0.15, 0.2) is 0 Å². The van der Waals surface area contributed by atoms with E-state index in [0.717, 1.165) is 23.1 Å². The van der Waals surface area contributed by atoms with Gasteiger partial charge in [-0.05, 0) is 59.3 Å². The van der Waals surface area contributed by atoms with Crippen molar-refractivity contribution in [2.24, 2.45) is 5.92 Å². The van der Waals surface area contributed by atoms with Gasteiger partial charge in [-0.15, -0.1) is 0 Å². The molecule has 0 amide bonds. The van der Waals surface area contributed by atoms with E-state index in [1.54, 1.807) is 7.11 Å². The third-order valence-corrected chi connectivity index (χ3v) is 4.90. The van der Waals surface area contributed by atoms with E-state index in [2.05, 4.69) is 40.3 Å². The van der Waals surface area contributed by atoms with Crippen LogP contribution < -0.4 is 10.1 Å². The summed E-state index contributed by atoms with van der Waals surface area (Å²) in [5.74, 6) is 1.25. The van der Waals surface area contributed by atoms with E-state index in [4.69, 9.17) is 4.74 Å². The molecule has 0 spiro atoms. The van der Waals surface area contributed by atoms with Crippen molar-refractivity contribution < 1.29 is 9.84 Å². The van der Waals surface area contributed by atoms with Crippen molar-refractivity contribution in [1.29, 1.82) is 0 Å². The van der Waals surface area contributed by atoms with E-state index in [1.807, 2.05) is 6.07 Å². The van der Waals surface area contributed by atoms with Gasteiger partial charge >= 0.3 is 0 Å². The number of nitrogens with one attached hydrogen (secondary N) is 1. The molecule has 0 heterocycles. The molecule has 1 aliphatic rings. The number of rotatable bonds is 5. The Hall–Kier alpha value is -0.580. The fourth-order valence-electron chi connectivity index (χ4n) is 3.01. The minimum atomic E-state index is 0.273. The third kappa shape index (κ3) is 3.74. The molecule has 0 aliphatic heterocycles. The van der Waals surface area contributed by atoms with Gasteiger partial charge in [0.1, 0.15) is 5.75 Å². The zero-order valence-corrected chi connectivity index (χ0v) is 13.8. The lowest BCUT2D eigenvalue weighted by molar-refractivity contribution is 0.147. The number of methoxy groups -OCH3 is 1. The van der Waals surface area contributed by atoms with Crippen molar-refractivity contribution in [1.82, 2.24) is 5.32 Å². The fourth-order valence-corrected chi connectivity index (χ4v) is 3.57. The van der Waals surface area contributed by atoms with Crippen LogP contribution in [0.1, 0.15) is 44.2 Å². The summed E-state index contributed by atoms with van der Waals surface area (Å²) in [6, 6.07) is 6.88. The second kappa shape index (κ2) is 7.43. The third-order valence-electron chi connectivity index (χ3n) is 4.28. The summed E-state index contributed by atoms with van der Waals surface area (Å²) >= 11 is 3.53. The molecule has 1 fully saturated rings. The number of ether oxygens (including phenoxy) is 1. The zero-order chi connectivity index (χ0) is 14.5. The van der Waals surface area contributed by atoms with Crippen molar-refractivity contribution in [3.05, 3.63) is 28.2 Å². The molecule has 1 aromatic carbocycles. The highest BCUT2D eigenvalue weighted by Crippen LogP contribution is 2.30. The first-order valence-electron chi connectivity index (χ1n) is 7.36. The van der Waals surface area contributed by atoms with E-state index in [1.165, 1.54) is 18.4 Å². The summed E-state index contributed by atoms with van der Waals surface area (Å²) in [6.07, 6.45) is 4.79. The van der Waals surface area contributed by atoms with Crippen LogP contribution in [0.15, 0.2) is 22.7 Å². The Morgan fingerprint density at radius 1 is 1.40 bits per heavy atom. The maximum Gasteiger partial charge on any atom is 0.133 e. The molecule has 2 rings (SSSR count). The Kier molecular flexibility index (Phi) is 5.87. The molecule has 20 heavy (non-hydrogen) atoms. The second-order valence-corrected chi connectivity index (χ2v) is 6.47. The van der Waals surface area contributed by atoms with Gasteiger partial charge in [-0.2, -0.15) is 0 Å². The Morgan fingerprint density at radius 3 is 2.80 bits per heavy atom. The van der Waals surface area contributed by atoms with Crippen LogP contribution in [-0.2, 0) is 0 Å². The monoisotopic (exact) mass is 341 g/mol. The molecule has 0 bridgehead atoms. The van der Waals surface area contributed by atoms with Gasteiger partial charge in [-0.3, -0.25) is 0 Å². The molecule has 3 atom stereocenters. The van der Waals surface area contributed by atoms with Crippen LogP contribution in [0.4, 0.5) is 0 Å². The molecular weight excluding hydrogens is 318 g/mol. The van der Waals surface area contributed by atoms with Gasteiger partial charge in [0, 0.05) is 18.7 Å². The summed E-state index contributed by atoms with van der Waals surface area (Å²) in [5, 5.41) is 13.2. The van der Waals surface area contributed by atoms with E-state index in [0.29, 0.717) is 12.0 Å². The number of hydrogen-bond acceptors (Lipinski definition) is 3. The predicted molar refractivity (Wildman–Crippen MR) is 85.1 cm³/mol. The van der Waals surface area contributed by atoms with E-state index >= 15 is 0 Å². The van der Waals surface area contributed by atoms with E-state index < -0.39 is 0 Å². The number of aliphatic hydroxyl groups excluding tert-OH is 1. The largest absolute Gasteiger partial charge is 0.496 e. The van der Waals surface area contributed by atoms with E-state index in [-0.39, 0.29) is 12.6 Å². The smallest absolute Gasteiger partial charge is 0.133 e. The van der Waals surface area contributed by atoms with Gasteiger partial charge in [0.2, 0.25) is 0 Å². The van der Waals surface area contributed by atoms with Crippen molar-refractivity contribution in [3.63, 3.8) is 0 Å². The van der Waals surface area contributed by atoms with Gasteiger partial charge in [0.25, 0.3) is 0 Å². The molecule has 3 nitrogen and oxygen atoms in total. The average molecular weight is 342 g/mol. The Labute approximate surface area is 129 Å². The van der Waals surface area contributed by atoms with Gasteiger partial charge in [0.05, 0.1) is 11.6 Å². The maximum atomic E-state index is 9.49. The fraction of sp³-hybridized carbons (Fsp3) is 0.625. The lowest BCUT2D eigenvalue weighted by Crippen LogP contribution is -2.41. The molecule has 0 radical (unpaired) electrons. The summed E-state index contributed by atoms with van der Waals surface area (Å²) in [4.78, 5) is 0. The zero-order valence-electron chi connectivity index (χ0n) is 12.2. The highest BCUT2D eigenvalue weighted by atomic mass is 79.9. The molecule has 4 heteroatoms. The lowest BCUT2D eigenvalue weighted by atomic mass is 9.84. The summed E-state index contributed by atoms with van der Waals surface area (Å²) in [6.45, 7) is 2.47. The minimum Gasteiger partial charge on any atom is -0.496 e.